The molecule has 0 N–H and O–H groups in total. The normalized spacial score (nSPS) is 19.2. The van der Waals surface area contributed by atoms with Crippen LogP contribution in [0.4, 0.5) is 0 Å². The first-order valence-corrected chi connectivity index (χ1v) is 12.6. The van der Waals surface area contributed by atoms with Crippen molar-refractivity contribution in [3.63, 3.8) is 0 Å². The van der Waals surface area contributed by atoms with Crippen LogP contribution in [0, 0.1) is 11.8 Å². The molecule has 136 valence electrons. The second-order valence-corrected chi connectivity index (χ2v) is 13.1. The Hall–Kier alpha value is -0.643. The number of hydrogen-bond donors (Lipinski definition) is 0. The quantitative estimate of drug-likeness (QED) is 0.591. The van der Waals surface area contributed by atoms with Gasteiger partial charge in [0.15, 0.2) is 6.29 Å². The van der Waals surface area contributed by atoms with Crippen molar-refractivity contribution in [2.24, 2.45) is 11.8 Å². The molecule has 24 heavy (non-hydrogen) atoms. The fraction of sp³-hybridized carbons (Fsp3) is 0.714. The van der Waals surface area contributed by atoms with E-state index >= 15 is 0 Å². The van der Waals surface area contributed by atoms with E-state index in [1.807, 2.05) is 0 Å². The molecule has 0 saturated carbocycles. The molecular weight excluding hydrogens is 312 g/mol. The number of rotatable bonds is 8. The third-order valence-electron chi connectivity index (χ3n) is 4.94. The predicted molar refractivity (Wildman–Crippen MR) is 105 cm³/mol. The Bertz CT molecular complexity index is 465. The van der Waals surface area contributed by atoms with Gasteiger partial charge in [-0.05, 0) is 36.7 Å². The van der Waals surface area contributed by atoms with Crippen molar-refractivity contribution < 1.29 is 9.47 Å². The van der Waals surface area contributed by atoms with Gasteiger partial charge in [-0.25, -0.2) is 0 Å². The molecule has 1 fully saturated rings. The van der Waals surface area contributed by atoms with E-state index in [9.17, 15) is 0 Å². The summed E-state index contributed by atoms with van der Waals surface area (Å²) in [4.78, 5) is 0. The maximum atomic E-state index is 5.91. The molecule has 2 nitrogen and oxygen atoms in total. The number of hydrogen-bond acceptors (Lipinski definition) is 2. The van der Waals surface area contributed by atoms with E-state index in [2.05, 4.69) is 58.5 Å². The Kier molecular flexibility index (Phi) is 7.51. The molecule has 1 aliphatic rings. The van der Waals surface area contributed by atoms with Crippen LogP contribution in [-0.4, -0.2) is 21.0 Å². The van der Waals surface area contributed by atoms with Gasteiger partial charge in [-0.2, -0.15) is 0 Å². The van der Waals surface area contributed by atoms with Gasteiger partial charge >= 0.3 is 0 Å². The van der Waals surface area contributed by atoms with Gasteiger partial charge in [0.1, 0.15) is 0 Å². The van der Waals surface area contributed by atoms with E-state index < -0.39 is 8.07 Å². The van der Waals surface area contributed by atoms with E-state index in [-0.39, 0.29) is 6.29 Å². The van der Waals surface area contributed by atoms with Crippen LogP contribution in [0.1, 0.15) is 52.5 Å². The highest BCUT2D eigenvalue weighted by molar-refractivity contribution is 6.90. The van der Waals surface area contributed by atoms with Gasteiger partial charge in [-0.3, -0.25) is 0 Å². The average molecular weight is 349 g/mol. The Morgan fingerprint density at radius 2 is 1.67 bits per heavy atom. The minimum atomic E-state index is -1.40. The summed E-state index contributed by atoms with van der Waals surface area (Å²) in [6.07, 6.45) is 3.42. The zero-order chi connectivity index (χ0) is 17.6. The molecule has 1 saturated heterocycles. The highest BCUT2D eigenvalue weighted by atomic mass is 28.3. The van der Waals surface area contributed by atoms with Gasteiger partial charge in [-0.1, -0.05) is 75.8 Å². The van der Waals surface area contributed by atoms with Crippen molar-refractivity contribution in [1.82, 2.24) is 0 Å². The van der Waals surface area contributed by atoms with Crippen LogP contribution in [0.5, 0.6) is 0 Å². The Balaban J connectivity index is 1.99. The standard InChI is InChI=1S/C21H36O2Si/c1-17(2)15-24(5,16-18(3)4)20-11-9-19(10-12-20)14-23-21-8-6-7-13-22-21/h9-12,17-18,21H,6-8,13-16H2,1-5H3. The molecule has 1 aliphatic heterocycles. The molecule has 0 spiro atoms. The molecule has 1 atom stereocenters. The molecule has 1 aromatic rings. The smallest absolute Gasteiger partial charge is 0.158 e. The summed E-state index contributed by atoms with van der Waals surface area (Å²) in [7, 11) is -1.40. The molecule has 2 rings (SSSR count). The van der Waals surface area contributed by atoms with Crippen molar-refractivity contribution in [2.75, 3.05) is 6.61 Å². The lowest BCUT2D eigenvalue weighted by Gasteiger charge is -2.32. The minimum Gasteiger partial charge on any atom is -0.353 e. The Morgan fingerprint density at radius 3 is 2.17 bits per heavy atom. The molecule has 1 heterocycles. The molecule has 0 aliphatic carbocycles. The second kappa shape index (κ2) is 9.16. The average Bonchev–Trinajstić information content (AvgIpc) is 2.53. The Morgan fingerprint density at radius 1 is 1.04 bits per heavy atom. The monoisotopic (exact) mass is 348 g/mol. The molecule has 0 bridgehead atoms. The van der Waals surface area contributed by atoms with Crippen LogP contribution in [0.2, 0.25) is 18.6 Å². The van der Waals surface area contributed by atoms with Gasteiger partial charge in [-0.15, -0.1) is 0 Å². The van der Waals surface area contributed by atoms with Crippen LogP contribution < -0.4 is 5.19 Å². The van der Waals surface area contributed by atoms with Crippen molar-refractivity contribution in [2.45, 2.75) is 78.5 Å². The summed E-state index contributed by atoms with van der Waals surface area (Å²) in [5, 5.41) is 1.60. The summed E-state index contributed by atoms with van der Waals surface area (Å²) in [6.45, 7) is 13.5. The lowest BCUT2D eigenvalue weighted by molar-refractivity contribution is -0.168. The van der Waals surface area contributed by atoms with Crippen molar-refractivity contribution in [3.05, 3.63) is 29.8 Å². The zero-order valence-corrected chi connectivity index (χ0v) is 17.3. The molecule has 0 radical (unpaired) electrons. The van der Waals surface area contributed by atoms with Crippen molar-refractivity contribution in [1.29, 1.82) is 0 Å². The van der Waals surface area contributed by atoms with Gasteiger partial charge in [0.25, 0.3) is 0 Å². The fourth-order valence-corrected chi connectivity index (χ4v) is 9.37. The summed E-state index contributed by atoms with van der Waals surface area (Å²) in [5.41, 5.74) is 1.26. The summed E-state index contributed by atoms with van der Waals surface area (Å²) >= 11 is 0. The lowest BCUT2D eigenvalue weighted by atomic mass is 10.2. The summed E-state index contributed by atoms with van der Waals surface area (Å²) < 4.78 is 11.6. The van der Waals surface area contributed by atoms with E-state index in [1.54, 1.807) is 5.19 Å². The molecular formula is C21H36O2Si. The topological polar surface area (TPSA) is 18.5 Å². The van der Waals surface area contributed by atoms with Gasteiger partial charge in [0.2, 0.25) is 0 Å². The van der Waals surface area contributed by atoms with Gasteiger partial charge < -0.3 is 9.47 Å². The van der Waals surface area contributed by atoms with Crippen LogP contribution in [-0.2, 0) is 16.1 Å². The van der Waals surface area contributed by atoms with Gasteiger partial charge in [0.05, 0.1) is 14.7 Å². The summed E-state index contributed by atoms with van der Waals surface area (Å²) in [6, 6.07) is 12.0. The third-order valence-corrected chi connectivity index (χ3v) is 10.1. The first-order valence-electron chi connectivity index (χ1n) is 9.71. The van der Waals surface area contributed by atoms with Crippen molar-refractivity contribution >= 4 is 13.3 Å². The zero-order valence-electron chi connectivity index (χ0n) is 16.3. The van der Waals surface area contributed by atoms with Crippen LogP contribution >= 0.6 is 0 Å². The minimum absolute atomic E-state index is 0.0000469. The molecule has 0 aromatic heterocycles. The number of ether oxygens (including phenoxy) is 2. The first-order chi connectivity index (χ1) is 11.4. The van der Waals surface area contributed by atoms with E-state index in [0.717, 1.165) is 24.9 Å². The molecule has 0 amide bonds. The number of benzene rings is 1. The lowest BCUT2D eigenvalue weighted by Crippen LogP contribution is -2.46. The molecule has 3 heteroatoms. The van der Waals surface area contributed by atoms with Crippen LogP contribution in [0.25, 0.3) is 0 Å². The fourth-order valence-electron chi connectivity index (χ4n) is 4.16. The van der Waals surface area contributed by atoms with E-state index in [0.29, 0.717) is 6.61 Å². The largest absolute Gasteiger partial charge is 0.353 e. The first kappa shape index (κ1) is 19.7. The van der Waals surface area contributed by atoms with E-state index in [1.165, 1.54) is 30.5 Å². The second-order valence-electron chi connectivity index (χ2n) is 8.56. The maximum absolute atomic E-state index is 5.91. The Labute approximate surface area is 150 Å². The SMILES string of the molecule is CC(C)C[Si](C)(CC(C)C)c1ccc(COC2CCCCO2)cc1. The predicted octanol–water partition coefficient (Wildman–Crippen LogP) is 5.33. The summed E-state index contributed by atoms with van der Waals surface area (Å²) in [5.74, 6) is 1.54. The third kappa shape index (κ3) is 6.02. The maximum Gasteiger partial charge on any atom is 0.158 e. The molecule has 1 aromatic carbocycles. The molecule has 1 unspecified atom stereocenters. The van der Waals surface area contributed by atoms with Crippen LogP contribution in [0.3, 0.4) is 0 Å². The highest BCUT2D eigenvalue weighted by Gasteiger charge is 2.31. The van der Waals surface area contributed by atoms with E-state index in [4.69, 9.17) is 9.47 Å². The highest BCUT2D eigenvalue weighted by Crippen LogP contribution is 2.25. The van der Waals surface area contributed by atoms with Crippen LogP contribution in [0.15, 0.2) is 24.3 Å². The van der Waals surface area contributed by atoms with Crippen molar-refractivity contribution in [3.8, 4) is 0 Å². The van der Waals surface area contributed by atoms with Gasteiger partial charge in [0, 0.05) is 6.61 Å².